The van der Waals surface area contributed by atoms with Gasteiger partial charge in [-0.05, 0) is 25.3 Å². The molecule has 4 heteroatoms. The maximum atomic E-state index is 6.11. The van der Waals surface area contributed by atoms with Crippen LogP contribution in [0.15, 0.2) is 22.7 Å². The summed E-state index contributed by atoms with van der Waals surface area (Å²) in [7, 11) is 0. The van der Waals surface area contributed by atoms with Gasteiger partial charge >= 0.3 is 0 Å². The summed E-state index contributed by atoms with van der Waals surface area (Å²) in [5, 5.41) is 4.04. The van der Waals surface area contributed by atoms with Gasteiger partial charge in [-0.3, -0.25) is 0 Å². The average Bonchev–Trinajstić information content (AvgIpc) is 2.84. The molecule has 0 saturated heterocycles. The standard InChI is InChI=1S/C16H23N3O/c1-5-12(4)15(17)16-18-14(19-20-16)9-13-7-10(2)6-11(3)8-13/h6-8,12,15H,5,9,17H2,1-4H3/t12-,15-/m0/s1. The van der Waals surface area contributed by atoms with Crippen LogP contribution in [0.4, 0.5) is 0 Å². The van der Waals surface area contributed by atoms with Gasteiger partial charge in [0.25, 0.3) is 0 Å². The van der Waals surface area contributed by atoms with E-state index >= 15 is 0 Å². The van der Waals surface area contributed by atoms with E-state index in [-0.39, 0.29) is 6.04 Å². The van der Waals surface area contributed by atoms with E-state index in [9.17, 15) is 0 Å². The Morgan fingerprint density at radius 2 is 1.85 bits per heavy atom. The smallest absolute Gasteiger partial charge is 0.243 e. The van der Waals surface area contributed by atoms with Crippen molar-refractivity contribution in [1.82, 2.24) is 10.1 Å². The number of aryl methyl sites for hydroxylation is 2. The van der Waals surface area contributed by atoms with E-state index in [4.69, 9.17) is 10.3 Å². The Hall–Kier alpha value is -1.68. The summed E-state index contributed by atoms with van der Waals surface area (Å²) < 4.78 is 5.30. The van der Waals surface area contributed by atoms with E-state index in [1.165, 1.54) is 16.7 Å². The molecule has 2 aromatic rings. The fraction of sp³-hybridized carbons (Fsp3) is 0.500. The lowest BCUT2D eigenvalue weighted by Crippen LogP contribution is -2.18. The quantitative estimate of drug-likeness (QED) is 0.907. The third-order valence-corrected chi connectivity index (χ3v) is 3.67. The van der Waals surface area contributed by atoms with Gasteiger partial charge < -0.3 is 10.3 Å². The predicted molar refractivity (Wildman–Crippen MR) is 79.4 cm³/mol. The van der Waals surface area contributed by atoms with E-state index in [1.54, 1.807) is 0 Å². The SMILES string of the molecule is CC[C@H](C)[C@H](N)c1nc(Cc2cc(C)cc(C)c2)no1. The summed E-state index contributed by atoms with van der Waals surface area (Å²) in [6.45, 7) is 8.39. The second kappa shape index (κ2) is 6.18. The van der Waals surface area contributed by atoms with Crippen LogP contribution in [0.25, 0.3) is 0 Å². The Kier molecular flexibility index (Phi) is 4.55. The van der Waals surface area contributed by atoms with Crippen molar-refractivity contribution < 1.29 is 4.52 Å². The third-order valence-electron chi connectivity index (χ3n) is 3.67. The Morgan fingerprint density at radius 1 is 1.20 bits per heavy atom. The molecule has 0 aliphatic heterocycles. The lowest BCUT2D eigenvalue weighted by Gasteiger charge is -2.12. The summed E-state index contributed by atoms with van der Waals surface area (Å²) in [4.78, 5) is 4.43. The minimum atomic E-state index is -0.180. The molecule has 0 spiro atoms. The lowest BCUT2D eigenvalue weighted by molar-refractivity contribution is 0.310. The molecule has 1 heterocycles. The Balaban J connectivity index is 2.13. The fourth-order valence-corrected chi connectivity index (χ4v) is 2.33. The number of hydrogen-bond donors (Lipinski definition) is 1. The molecule has 2 rings (SSSR count). The Morgan fingerprint density at radius 3 is 2.45 bits per heavy atom. The molecule has 0 aliphatic rings. The van der Waals surface area contributed by atoms with Crippen LogP contribution in [0.2, 0.25) is 0 Å². The predicted octanol–water partition coefficient (Wildman–Crippen LogP) is 3.32. The fourth-order valence-electron chi connectivity index (χ4n) is 2.33. The number of hydrogen-bond acceptors (Lipinski definition) is 4. The van der Waals surface area contributed by atoms with E-state index in [1.807, 2.05) is 0 Å². The highest BCUT2D eigenvalue weighted by molar-refractivity contribution is 5.30. The van der Waals surface area contributed by atoms with Crippen LogP contribution >= 0.6 is 0 Å². The summed E-state index contributed by atoms with van der Waals surface area (Å²) >= 11 is 0. The van der Waals surface area contributed by atoms with E-state index in [0.29, 0.717) is 24.1 Å². The van der Waals surface area contributed by atoms with Crippen molar-refractivity contribution in [2.45, 2.75) is 46.6 Å². The topological polar surface area (TPSA) is 64.9 Å². The molecule has 0 amide bonds. The first-order chi connectivity index (χ1) is 9.49. The maximum Gasteiger partial charge on any atom is 0.243 e. The van der Waals surface area contributed by atoms with Gasteiger partial charge in [-0.2, -0.15) is 4.98 Å². The van der Waals surface area contributed by atoms with Crippen molar-refractivity contribution in [3.05, 3.63) is 46.6 Å². The molecule has 2 N–H and O–H groups in total. The molecule has 0 fully saturated rings. The lowest BCUT2D eigenvalue weighted by atomic mass is 10.0. The minimum Gasteiger partial charge on any atom is -0.338 e. The van der Waals surface area contributed by atoms with Gasteiger partial charge in [-0.1, -0.05) is 54.8 Å². The van der Waals surface area contributed by atoms with Crippen molar-refractivity contribution >= 4 is 0 Å². The monoisotopic (exact) mass is 273 g/mol. The van der Waals surface area contributed by atoms with Crippen molar-refractivity contribution in [2.24, 2.45) is 11.7 Å². The number of rotatable bonds is 5. The molecule has 2 atom stereocenters. The average molecular weight is 273 g/mol. The number of aromatic nitrogens is 2. The molecule has 0 aliphatic carbocycles. The number of benzene rings is 1. The first-order valence-corrected chi connectivity index (χ1v) is 7.14. The molecular weight excluding hydrogens is 250 g/mol. The molecule has 0 radical (unpaired) electrons. The van der Waals surface area contributed by atoms with E-state index in [2.05, 4.69) is 56.0 Å². The van der Waals surface area contributed by atoms with Crippen LogP contribution in [-0.4, -0.2) is 10.1 Å². The highest BCUT2D eigenvalue weighted by Crippen LogP contribution is 2.21. The van der Waals surface area contributed by atoms with E-state index < -0.39 is 0 Å². The molecule has 1 aromatic heterocycles. The second-order valence-electron chi connectivity index (χ2n) is 5.63. The summed E-state index contributed by atoms with van der Waals surface area (Å²) in [5.74, 6) is 1.58. The van der Waals surface area contributed by atoms with Gasteiger partial charge in [0.15, 0.2) is 5.82 Å². The van der Waals surface area contributed by atoms with Crippen molar-refractivity contribution in [3.8, 4) is 0 Å². The number of nitrogens with two attached hydrogens (primary N) is 1. The summed E-state index contributed by atoms with van der Waals surface area (Å²) in [6, 6.07) is 6.28. The summed E-state index contributed by atoms with van der Waals surface area (Å²) in [6.07, 6.45) is 1.68. The Bertz CT molecular complexity index is 557. The van der Waals surface area contributed by atoms with Gasteiger partial charge in [-0.15, -0.1) is 0 Å². The first kappa shape index (κ1) is 14.7. The van der Waals surface area contributed by atoms with Crippen molar-refractivity contribution in [2.75, 3.05) is 0 Å². The molecule has 0 unspecified atom stereocenters. The largest absolute Gasteiger partial charge is 0.338 e. The Labute approximate surface area is 120 Å². The van der Waals surface area contributed by atoms with Crippen LogP contribution in [0.3, 0.4) is 0 Å². The van der Waals surface area contributed by atoms with E-state index in [0.717, 1.165) is 6.42 Å². The molecule has 108 valence electrons. The minimum absolute atomic E-state index is 0.180. The van der Waals surface area contributed by atoms with Crippen LogP contribution in [0, 0.1) is 19.8 Å². The number of nitrogens with zero attached hydrogens (tertiary/aromatic N) is 2. The van der Waals surface area contributed by atoms with Crippen LogP contribution in [-0.2, 0) is 6.42 Å². The zero-order valence-electron chi connectivity index (χ0n) is 12.7. The first-order valence-electron chi connectivity index (χ1n) is 7.14. The van der Waals surface area contributed by atoms with Gasteiger partial charge in [0.1, 0.15) is 0 Å². The summed E-state index contributed by atoms with van der Waals surface area (Å²) in [5.41, 5.74) is 9.81. The van der Waals surface area contributed by atoms with Crippen LogP contribution < -0.4 is 5.73 Å². The zero-order valence-corrected chi connectivity index (χ0v) is 12.7. The normalized spacial score (nSPS) is 14.2. The van der Waals surface area contributed by atoms with Gasteiger partial charge in [-0.25, -0.2) is 0 Å². The molecule has 0 saturated carbocycles. The van der Waals surface area contributed by atoms with Gasteiger partial charge in [0.05, 0.1) is 6.04 Å². The molecule has 20 heavy (non-hydrogen) atoms. The highest BCUT2D eigenvalue weighted by Gasteiger charge is 2.20. The highest BCUT2D eigenvalue weighted by atomic mass is 16.5. The molecular formula is C16H23N3O. The van der Waals surface area contributed by atoms with Crippen LogP contribution in [0.1, 0.15) is 54.7 Å². The molecule has 1 aromatic carbocycles. The van der Waals surface area contributed by atoms with Crippen molar-refractivity contribution in [1.29, 1.82) is 0 Å². The molecule has 4 nitrogen and oxygen atoms in total. The van der Waals surface area contributed by atoms with Gasteiger partial charge in [0, 0.05) is 6.42 Å². The molecule has 0 bridgehead atoms. The second-order valence-corrected chi connectivity index (χ2v) is 5.63. The zero-order chi connectivity index (χ0) is 14.7. The van der Waals surface area contributed by atoms with Gasteiger partial charge in [0.2, 0.25) is 5.89 Å². The van der Waals surface area contributed by atoms with Crippen molar-refractivity contribution in [3.63, 3.8) is 0 Å². The van der Waals surface area contributed by atoms with Crippen LogP contribution in [0.5, 0.6) is 0 Å². The maximum absolute atomic E-state index is 6.11. The third kappa shape index (κ3) is 3.45.